The Balaban J connectivity index is 1.90. The van der Waals surface area contributed by atoms with Gasteiger partial charge in [0.25, 0.3) is 5.91 Å². The molecule has 1 aromatic heterocycles. The minimum atomic E-state index is -0.419. The predicted molar refractivity (Wildman–Crippen MR) is 80.1 cm³/mol. The zero-order valence-electron chi connectivity index (χ0n) is 11.8. The number of aryl methyl sites for hydroxylation is 1. The number of likely N-dealkylation sites (N-methyl/N-ethyl adjacent to an activating group) is 1. The number of nitrogens with zero attached hydrogens (tertiary/aromatic N) is 2. The minimum Gasteiger partial charge on any atom is -0.489 e. The molecule has 0 aliphatic rings. The van der Waals surface area contributed by atoms with Crippen LogP contribution in [0.4, 0.5) is 9.52 Å². The fourth-order valence-electron chi connectivity index (χ4n) is 1.74. The molecule has 1 heterocycles. The second-order valence-electron chi connectivity index (χ2n) is 4.47. The van der Waals surface area contributed by atoms with E-state index in [1.807, 2.05) is 0 Å². The first-order chi connectivity index (χ1) is 9.99. The second-order valence-corrected chi connectivity index (χ2v) is 5.50. The van der Waals surface area contributed by atoms with Gasteiger partial charge in [-0.05, 0) is 19.1 Å². The first-order valence-electron chi connectivity index (χ1n) is 6.34. The Labute approximate surface area is 126 Å². The summed E-state index contributed by atoms with van der Waals surface area (Å²) >= 11 is 1.16. The maximum atomic E-state index is 13.4. The van der Waals surface area contributed by atoms with Crippen LogP contribution in [0.2, 0.25) is 0 Å². The van der Waals surface area contributed by atoms with Gasteiger partial charge in [-0.2, -0.15) is 0 Å². The Bertz CT molecular complexity index is 645. The summed E-state index contributed by atoms with van der Waals surface area (Å²) in [5.41, 5.74) is 6.20. The normalized spacial score (nSPS) is 10.4. The molecule has 5 nitrogen and oxygen atoms in total. The van der Waals surface area contributed by atoms with Crippen molar-refractivity contribution in [1.29, 1.82) is 0 Å². The van der Waals surface area contributed by atoms with Crippen LogP contribution in [0.5, 0.6) is 5.75 Å². The summed E-state index contributed by atoms with van der Waals surface area (Å²) in [7, 11) is 1.66. The number of hydrogen-bond acceptors (Lipinski definition) is 5. The number of hydrogen-bond donors (Lipinski definition) is 1. The van der Waals surface area contributed by atoms with Crippen molar-refractivity contribution in [3.8, 4) is 5.75 Å². The summed E-state index contributed by atoms with van der Waals surface area (Å²) in [5, 5.41) is 0.367. The van der Waals surface area contributed by atoms with Gasteiger partial charge in [0.05, 0.1) is 12.2 Å². The van der Waals surface area contributed by atoms with Crippen molar-refractivity contribution in [2.75, 3.05) is 25.9 Å². The predicted octanol–water partition coefficient (Wildman–Crippen LogP) is 2.32. The highest BCUT2D eigenvalue weighted by Crippen LogP contribution is 2.21. The molecule has 0 aliphatic carbocycles. The first-order valence-corrected chi connectivity index (χ1v) is 7.16. The van der Waals surface area contributed by atoms with Gasteiger partial charge in [0.2, 0.25) is 0 Å². The molecule has 0 unspecified atom stereocenters. The largest absolute Gasteiger partial charge is 0.489 e. The molecule has 2 aromatic rings. The summed E-state index contributed by atoms with van der Waals surface area (Å²) in [5.74, 6) is -0.409. The van der Waals surface area contributed by atoms with Crippen molar-refractivity contribution >= 4 is 22.4 Å². The van der Waals surface area contributed by atoms with Gasteiger partial charge >= 0.3 is 0 Å². The summed E-state index contributed by atoms with van der Waals surface area (Å²) < 4.78 is 18.7. The average Bonchev–Trinajstić information content (AvgIpc) is 2.79. The number of para-hydroxylation sites is 1. The quantitative estimate of drug-likeness (QED) is 0.920. The molecule has 0 atom stereocenters. The van der Waals surface area contributed by atoms with E-state index >= 15 is 0 Å². The van der Waals surface area contributed by atoms with Gasteiger partial charge in [0.15, 0.2) is 16.7 Å². The molecular weight excluding hydrogens is 293 g/mol. The van der Waals surface area contributed by atoms with E-state index in [2.05, 4.69) is 4.98 Å². The Hall–Kier alpha value is -2.15. The maximum absolute atomic E-state index is 13.4. The zero-order valence-corrected chi connectivity index (χ0v) is 12.6. The molecule has 0 spiro atoms. The highest BCUT2D eigenvalue weighted by atomic mass is 32.1. The number of benzene rings is 1. The van der Waals surface area contributed by atoms with Crippen LogP contribution in [-0.2, 0) is 0 Å². The summed E-state index contributed by atoms with van der Waals surface area (Å²) in [6.07, 6.45) is 0. The van der Waals surface area contributed by atoms with Crippen molar-refractivity contribution in [2.45, 2.75) is 6.92 Å². The summed E-state index contributed by atoms with van der Waals surface area (Å²) in [6, 6.07) is 6.16. The van der Waals surface area contributed by atoms with E-state index in [0.717, 1.165) is 11.3 Å². The van der Waals surface area contributed by atoms with E-state index in [9.17, 15) is 9.18 Å². The lowest BCUT2D eigenvalue weighted by Crippen LogP contribution is -2.30. The zero-order chi connectivity index (χ0) is 15.4. The van der Waals surface area contributed by atoms with Crippen molar-refractivity contribution in [3.63, 3.8) is 0 Å². The lowest BCUT2D eigenvalue weighted by atomic mass is 10.3. The number of amides is 1. The third-order valence-corrected chi connectivity index (χ3v) is 3.85. The van der Waals surface area contributed by atoms with Crippen LogP contribution in [-0.4, -0.2) is 36.0 Å². The van der Waals surface area contributed by atoms with Crippen molar-refractivity contribution < 1.29 is 13.9 Å². The molecular formula is C14H16FN3O2S. The highest BCUT2D eigenvalue weighted by Gasteiger charge is 2.18. The fraction of sp³-hybridized carbons (Fsp3) is 0.286. The Morgan fingerprint density at radius 3 is 2.81 bits per heavy atom. The third-order valence-electron chi connectivity index (χ3n) is 2.87. The van der Waals surface area contributed by atoms with Crippen LogP contribution in [0.25, 0.3) is 0 Å². The van der Waals surface area contributed by atoms with Crippen LogP contribution < -0.4 is 10.5 Å². The van der Waals surface area contributed by atoms with E-state index in [1.165, 1.54) is 11.0 Å². The van der Waals surface area contributed by atoms with Gasteiger partial charge in [-0.25, -0.2) is 9.37 Å². The molecule has 0 radical (unpaired) electrons. The molecule has 0 fully saturated rings. The Morgan fingerprint density at radius 1 is 1.48 bits per heavy atom. The molecule has 0 bridgehead atoms. The molecule has 1 amide bonds. The lowest BCUT2D eigenvalue weighted by molar-refractivity contribution is 0.0776. The Kier molecular flexibility index (Phi) is 4.74. The van der Waals surface area contributed by atoms with Gasteiger partial charge in [0.1, 0.15) is 11.5 Å². The van der Waals surface area contributed by atoms with Gasteiger partial charge in [-0.3, -0.25) is 4.79 Å². The third kappa shape index (κ3) is 3.69. The number of aromatic nitrogens is 1. The standard InChI is InChI=1S/C14H16FN3O2S/c1-9-12(21-14(16)17-9)13(19)18(2)7-8-20-11-6-4-3-5-10(11)15/h3-6H,7-8H2,1-2H3,(H2,16,17). The molecule has 0 saturated carbocycles. The number of carbonyl (C=O) groups is 1. The number of ether oxygens (including phenoxy) is 1. The highest BCUT2D eigenvalue weighted by molar-refractivity contribution is 7.17. The van der Waals surface area contributed by atoms with Crippen LogP contribution >= 0.6 is 11.3 Å². The first kappa shape index (κ1) is 15.2. The summed E-state index contributed by atoms with van der Waals surface area (Å²) in [4.78, 5) is 18.2. The average molecular weight is 309 g/mol. The Morgan fingerprint density at radius 2 is 2.19 bits per heavy atom. The monoisotopic (exact) mass is 309 g/mol. The van der Waals surface area contributed by atoms with Gasteiger partial charge in [-0.15, -0.1) is 0 Å². The minimum absolute atomic E-state index is 0.168. The van der Waals surface area contributed by atoms with E-state index in [4.69, 9.17) is 10.5 Å². The number of nitrogens with two attached hydrogens (primary N) is 1. The maximum Gasteiger partial charge on any atom is 0.265 e. The number of nitrogen functional groups attached to an aromatic ring is 1. The van der Waals surface area contributed by atoms with Gasteiger partial charge < -0.3 is 15.4 Å². The molecule has 0 saturated heterocycles. The SMILES string of the molecule is Cc1nc(N)sc1C(=O)N(C)CCOc1ccccc1F. The molecule has 21 heavy (non-hydrogen) atoms. The molecule has 1 aromatic carbocycles. The van der Waals surface area contributed by atoms with Crippen LogP contribution in [0.15, 0.2) is 24.3 Å². The summed E-state index contributed by atoms with van der Waals surface area (Å²) in [6.45, 7) is 2.28. The number of thiazole rings is 1. The van der Waals surface area contributed by atoms with Crippen molar-refractivity contribution in [3.05, 3.63) is 40.7 Å². The van der Waals surface area contributed by atoms with Crippen molar-refractivity contribution in [2.24, 2.45) is 0 Å². The van der Waals surface area contributed by atoms with Crippen LogP contribution in [0.1, 0.15) is 15.4 Å². The second kappa shape index (κ2) is 6.53. The van der Waals surface area contributed by atoms with Crippen molar-refractivity contribution in [1.82, 2.24) is 9.88 Å². The van der Waals surface area contributed by atoms with Gasteiger partial charge in [0, 0.05) is 7.05 Å². The number of halogens is 1. The number of carbonyl (C=O) groups excluding carboxylic acids is 1. The lowest BCUT2D eigenvalue weighted by Gasteiger charge is -2.17. The molecule has 112 valence electrons. The van der Waals surface area contributed by atoms with E-state index in [0.29, 0.717) is 22.2 Å². The fourth-order valence-corrected chi connectivity index (χ4v) is 2.57. The van der Waals surface area contributed by atoms with Crippen LogP contribution in [0.3, 0.4) is 0 Å². The molecule has 7 heteroatoms. The van der Waals surface area contributed by atoms with E-state index in [-0.39, 0.29) is 18.3 Å². The van der Waals surface area contributed by atoms with E-state index in [1.54, 1.807) is 32.2 Å². The molecule has 2 rings (SSSR count). The number of rotatable bonds is 5. The molecule has 2 N–H and O–H groups in total. The van der Waals surface area contributed by atoms with E-state index < -0.39 is 5.82 Å². The number of anilines is 1. The topological polar surface area (TPSA) is 68.5 Å². The van der Waals surface area contributed by atoms with Gasteiger partial charge in [-0.1, -0.05) is 23.5 Å². The van der Waals surface area contributed by atoms with Crippen LogP contribution in [0, 0.1) is 12.7 Å². The smallest absolute Gasteiger partial charge is 0.265 e. The molecule has 0 aliphatic heterocycles.